The molecule has 2 heteroatoms. The number of carbonyl (C=O) groups is 1. The van der Waals surface area contributed by atoms with Gasteiger partial charge in [-0.2, -0.15) is 0 Å². The molecular weight excluding hydrogens is 210 g/mol. The lowest BCUT2D eigenvalue weighted by molar-refractivity contribution is 0.0892. The van der Waals surface area contributed by atoms with Gasteiger partial charge in [-0.15, -0.1) is 0 Å². The van der Waals surface area contributed by atoms with E-state index in [1.165, 1.54) is 11.1 Å². The van der Waals surface area contributed by atoms with E-state index in [2.05, 4.69) is 40.0 Å². The first-order chi connectivity index (χ1) is 7.86. The van der Waals surface area contributed by atoms with Crippen molar-refractivity contribution in [1.82, 2.24) is 4.90 Å². The van der Waals surface area contributed by atoms with Crippen LogP contribution in [0.15, 0.2) is 37.6 Å². The van der Waals surface area contributed by atoms with Gasteiger partial charge in [0.25, 0.3) is 5.91 Å². The van der Waals surface area contributed by atoms with Gasteiger partial charge in [-0.05, 0) is 17.0 Å². The summed E-state index contributed by atoms with van der Waals surface area (Å²) in [7, 11) is 0. The Morgan fingerprint density at radius 3 is 2.41 bits per heavy atom. The first kappa shape index (κ1) is 11.6. The summed E-state index contributed by atoms with van der Waals surface area (Å²) >= 11 is 0. The number of nitrogens with zero attached hydrogens (tertiary/aromatic N) is 1. The van der Waals surface area contributed by atoms with Crippen LogP contribution in [-0.4, -0.2) is 10.8 Å². The molecule has 0 bridgehead atoms. The lowest BCUT2D eigenvalue weighted by Crippen LogP contribution is -2.16. The van der Waals surface area contributed by atoms with Crippen LogP contribution in [0.5, 0.6) is 0 Å². The average Bonchev–Trinajstić information content (AvgIpc) is 2.50. The van der Waals surface area contributed by atoms with E-state index in [4.69, 9.17) is 0 Å². The molecule has 1 amide bonds. The minimum Gasteiger partial charge on any atom is -0.284 e. The van der Waals surface area contributed by atoms with Crippen LogP contribution in [0.3, 0.4) is 0 Å². The number of fused-ring (bicyclic) bond motifs is 1. The maximum Gasteiger partial charge on any atom is 0.263 e. The maximum absolute atomic E-state index is 12.1. The summed E-state index contributed by atoms with van der Waals surface area (Å²) in [4.78, 5) is 13.6. The third-order valence-electron chi connectivity index (χ3n) is 3.12. The van der Waals surface area contributed by atoms with Crippen molar-refractivity contribution >= 4 is 11.6 Å². The van der Waals surface area contributed by atoms with Crippen molar-refractivity contribution in [3.63, 3.8) is 0 Å². The smallest absolute Gasteiger partial charge is 0.263 e. The summed E-state index contributed by atoms with van der Waals surface area (Å²) in [5, 5.41) is 0. The largest absolute Gasteiger partial charge is 0.284 e. The molecule has 2 rings (SSSR count). The number of carbonyl (C=O) groups excluding carboxylic acids is 1. The zero-order chi connectivity index (χ0) is 12.8. The first-order valence-corrected chi connectivity index (χ1v) is 5.66. The van der Waals surface area contributed by atoms with Gasteiger partial charge in [0.1, 0.15) is 0 Å². The second kappa shape index (κ2) is 3.59. The standard InChI is InChI=1S/C15H17NO/c1-6-16-10(2)12-8-7-11(15(3,4)5)9-13(12)14(16)17/h6-9H,1-2H2,3-5H3. The van der Waals surface area contributed by atoms with Crippen molar-refractivity contribution in [2.45, 2.75) is 26.2 Å². The molecule has 0 radical (unpaired) electrons. The minimum absolute atomic E-state index is 0.0360. The van der Waals surface area contributed by atoms with Crippen molar-refractivity contribution in [3.05, 3.63) is 54.2 Å². The number of hydrogen-bond acceptors (Lipinski definition) is 1. The molecule has 0 N–H and O–H groups in total. The Hall–Kier alpha value is -1.83. The third kappa shape index (κ3) is 1.70. The van der Waals surface area contributed by atoms with E-state index in [0.717, 1.165) is 16.7 Å². The first-order valence-electron chi connectivity index (χ1n) is 5.66. The van der Waals surface area contributed by atoms with Gasteiger partial charge in [0.2, 0.25) is 0 Å². The summed E-state index contributed by atoms with van der Waals surface area (Å²) in [6, 6.07) is 6.00. The summed E-state index contributed by atoms with van der Waals surface area (Å²) in [6.07, 6.45) is 1.52. The van der Waals surface area contributed by atoms with Crippen molar-refractivity contribution < 1.29 is 4.79 Å². The van der Waals surface area contributed by atoms with Crippen LogP contribution in [0.1, 0.15) is 42.3 Å². The SMILES string of the molecule is C=CN1C(=C)c2ccc(C(C)(C)C)cc2C1=O. The van der Waals surface area contributed by atoms with Gasteiger partial charge >= 0.3 is 0 Å². The number of amides is 1. The zero-order valence-corrected chi connectivity index (χ0v) is 10.6. The Morgan fingerprint density at radius 2 is 1.88 bits per heavy atom. The van der Waals surface area contributed by atoms with E-state index in [-0.39, 0.29) is 11.3 Å². The molecule has 0 aromatic heterocycles. The van der Waals surface area contributed by atoms with Gasteiger partial charge < -0.3 is 0 Å². The highest BCUT2D eigenvalue weighted by atomic mass is 16.2. The van der Waals surface area contributed by atoms with Gasteiger partial charge in [0.05, 0.1) is 0 Å². The lowest BCUT2D eigenvalue weighted by atomic mass is 9.85. The van der Waals surface area contributed by atoms with Gasteiger partial charge in [-0.3, -0.25) is 9.69 Å². The van der Waals surface area contributed by atoms with E-state index in [1.807, 2.05) is 12.1 Å². The highest BCUT2D eigenvalue weighted by Crippen LogP contribution is 2.34. The number of hydrogen-bond donors (Lipinski definition) is 0. The molecule has 0 saturated carbocycles. The molecular formula is C15H17NO. The van der Waals surface area contributed by atoms with Crippen molar-refractivity contribution in [1.29, 1.82) is 0 Å². The van der Waals surface area contributed by atoms with Gasteiger partial charge in [0.15, 0.2) is 0 Å². The van der Waals surface area contributed by atoms with Crippen LogP contribution in [-0.2, 0) is 5.41 Å². The molecule has 0 unspecified atom stereocenters. The topological polar surface area (TPSA) is 20.3 Å². The highest BCUT2D eigenvalue weighted by molar-refractivity contribution is 6.09. The second-order valence-corrected chi connectivity index (χ2v) is 5.31. The molecule has 0 aliphatic carbocycles. The highest BCUT2D eigenvalue weighted by Gasteiger charge is 2.30. The molecule has 1 aliphatic heterocycles. The van der Waals surface area contributed by atoms with Crippen LogP contribution in [0, 0.1) is 0 Å². The van der Waals surface area contributed by atoms with Crippen LogP contribution in [0.25, 0.3) is 5.70 Å². The minimum atomic E-state index is -0.0360. The lowest BCUT2D eigenvalue weighted by Gasteiger charge is -2.19. The van der Waals surface area contributed by atoms with Crippen LogP contribution < -0.4 is 0 Å². The van der Waals surface area contributed by atoms with E-state index in [0.29, 0.717) is 5.70 Å². The van der Waals surface area contributed by atoms with Crippen LogP contribution in [0.4, 0.5) is 0 Å². The predicted molar refractivity (Wildman–Crippen MR) is 70.5 cm³/mol. The normalized spacial score (nSPS) is 15.1. The van der Waals surface area contributed by atoms with Crippen LogP contribution >= 0.6 is 0 Å². The van der Waals surface area contributed by atoms with E-state index in [1.54, 1.807) is 0 Å². The van der Waals surface area contributed by atoms with Crippen molar-refractivity contribution in [2.75, 3.05) is 0 Å². The molecule has 1 aromatic carbocycles. The van der Waals surface area contributed by atoms with Crippen LogP contribution in [0.2, 0.25) is 0 Å². The number of benzene rings is 1. The molecule has 1 aromatic rings. The monoisotopic (exact) mass is 227 g/mol. The van der Waals surface area contributed by atoms with Gasteiger partial charge in [-0.1, -0.05) is 46.1 Å². The fourth-order valence-electron chi connectivity index (χ4n) is 2.01. The zero-order valence-electron chi connectivity index (χ0n) is 10.6. The maximum atomic E-state index is 12.1. The fourth-order valence-corrected chi connectivity index (χ4v) is 2.01. The van der Waals surface area contributed by atoms with E-state index in [9.17, 15) is 4.79 Å². The fraction of sp³-hybridized carbons (Fsp3) is 0.267. The summed E-state index contributed by atoms with van der Waals surface area (Å²) < 4.78 is 0. The van der Waals surface area contributed by atoms with Gasteiger partial charge in [-0.25, -0.2) is 0 Å². The second-order valence-electron chi connectivity index (χ2n) is 5.31. The Labute approximate surface area is 102 Å². The molecule has 1 aliphatic rings. The Kier molecular flexibility index (Phi) is 2.46. The molecule has 0 atom stereocenters. The quantitative estimate of drug-likeness (QED) is 0.718. The Morgan fingerprint density at radius 1 is 1.24 bits per heavy atom. The number of rotatable bonds is 1. The Bertz CT molecular complexity index is 520. The van der Waals surface area contributed by atoms with E-state index >= 15 is 0 Å². The van der Waals surface area contributed by atoms with Gasteiger partial charge in [0, 0.05) is 23.0 Å². The Balaban J connectivity index is 2.58. The molecule has 1 heterocycles. The summed E-state index contributed by atoms with van der Waals surface area (Å²) in [6.45, 7) is 14.0. The predicted octanol–water partition coefficient (Wildman–Crippen LogP) is 3.55. The summed E-state index contributed by atoms with van der Waals surface area (Å²) in [5.74, 6) is -0.0360. The molecule has 0 spiro atoms. The molecule has 0 saturated heterocycles. The molecule has 0 fully saturated rings. The molecule has 2 nitrogen and oxygen atoms in total. The molecule has 17 heavy (non-hydrogen) atoms. The third-order valence-corrected chi connectivity index (χ3v) is 3.12. The van der Waals surface area contributed by atoms with E-state index < -0.39 is 0 Å². The average molecular weight is 227 g/mol. The molecule has 88 valence electrons. The summed E-state index contributed by atoms with van der Waals surface area (Å²) in [5.41, 5.74) is 3.53. The van der Waals surface area contributed by atoms with Crippen molar-refractivity contribution in [2.24, 2.45) is 0 Å². The van der Waals surface area contributed by atoms with Crippen molar-refractivity contribution in [3.8, 4) is 0 Å².